The molecule has 0 fully saturated rings. The van der Waals surface area contributed by atoms with Crippen LogP contribution in [0.3, 0.4) is 0 Å². The minimum absolute atomic E-state index is 0.183. The van der Waals surface area contributed by atoms with Crippen molar-refractivity contribution in [1.29, 1.82) is 0 Å². The quantitative estimate of drug-likeness (QED) is 0.575. The van der Waals surface area contributed by atoms with Crippen molar-refractivity contribution in [3.8, 4) is 0 Å². The number of hydrogen-bond acceptors (Lipinski definition) is 4. The number of nitrogens with two attached hydrogens (primary N) is 2. The minimum atomic E-state index is -0.729. The predicted molar refractivity (Wildman–Crippen MR) is 53.5 cm³/mol. The summed E-state index contributed by atoms with van der Waals surface area (Å²) in [5.41, 5.74) is 10.9. The van der Waals surface area contributed by atoms with Crippen LogP contribution in [0.2, 0.25) is 0 Å². The number of nitrogens with one attached hydrogen (secondary N) is 1. The third-order valence-corrected chi connectivity index (χ3v) is 2.38. The lowest BCUT2D eigenvalue weighted by atomic mass is 9.95. The molecule has 0 aromatic heterocycles. The summed E-state index contributed by atoms with van der Waals surface area (Å²) in [5, 5.41) is 3.04. The fourth-order valence-electron chi connectivity index (χ4n) is 0.967. The normalized spacial score (nSPS) is 29.4. The summed E-state index contributed by atoms with van der Waals surface area (Å²) >= 11 is 3.27. The van der Waals surface area contributed by atoms with Crippen molar-refractivity contribution in [2.75, 3.05) is 0 Å². The molecule has 0 amide bonds. The molecule has 0 radical (unpaired) electrons. The van der Waals surface area contributed by atoms with Gasteiger partial charge in [0, 0.05) is 0 Å². The highest BCUT2D eigenvalue weighted by molar-refractivity contribution is 9.11. The van der Waals surface area contributed by atoms with E-state index in [0.29, 0.717) is 5.84 Å². The fourth-order valence-corrected chi connectivity index (χ4v) is 1.40. The van der Waals surface area contributed by atoms with Crippen LogP contribution in [0, 0.1) is 5.92 Å². The van der Waals surface area contributed by atoms with Gasteiger partial charge in [-0.05, 0) is 21.8 Å². The molecule has 1 heterocycles. The predicted octanol–water partition coefficient (Wildman–Crippen LogP) is 0.452. The first-order valence-corrected chi connectivity index (χ1v) is 4.52. The Morgan fingerprint density at radius 3 is 2.67 bits per heavy atom. The van der Waals surface area contributed by atoms with Gasteiger partial charge in [0.2, 0.25) is 0 Å². The van der Waals surface area contributed by atoms with Crippen LogP contribution in [0.25, 0.3) is 0 Å². The zero-order chi connectivity index (χ0) is 9.35. The van der Waals surface area contributed by atoms with Gasteiger partial charge in [0.25, 0.3) is 0 Å². The van der Waals surface area contributed by atoms with Crippen LogP contribution in [0.15, 0.2) is 15.8 Å². The second-order valence-corrected chi connectivity index (χ2v) is 3.99. The van der Waals surface area contributed by atoms with E-state index in [4.69, 9.17) is 11.5 Å². The van der Waals surface area contributed by atoms with E-state index in [-0.39, 0.29) is 5.92 Å². The zero-order valence-electron chi connectivity index (χ0n) is 7.13. The molecule has 1 unspecified atom stereocenters. The Kier molecular flexibility index (Phi) is 2.44. The van der Waals surface area contributed by atoms with Crippen LogP contribution in [0.5, 0.6) is 0 Å². The van der Waals surface area contributed by atoms with Crippen molar-refractivity contribution in [2.24, 2.45) is 22.4 Å². The molecule has 5 N–H and O–H groups in total. The fraction of sp³-hybridized carbons (Fsp3) is 0.571. The minimum Gasteiger partial charge on any atom is -0.384 e. The number of hydrogen-bond donors (Lipinski definition) is 3. The molecule has 0 aliphatic carbocycles. The van der Waals surface area contributed by atoms with E-state index in [2.05, 4.69) is 26.2 Å². The van der Waals surface area contributed by atoms with Crippen molar-refractivity contribution in [3.05, 3.63) is 10.8 Å². The highest BCUT2D eigenvalue weighted by atomic mass is 79.9. The zero-order valence-corrected chi connectivity index (χ0v) is 8.72. The Hall–Kier alpha value is -0.550. The topological polar surface area (TPSA) is 76.4 Å². The van der Waals surface area contributed by atoms with E-state index in [1.54, 1.807) is 6.20 Å². The highest BCUT2D eigenvalue weighted by Crippen LogP contribution is 2.18. The summed E-state index contributed by atoms with van der Waals surface area (Å²) in [6, 6.07) is 0. The monoisotopic (exact) mass is 232 g/mol. The Morgan fingerprint density at radius 2 is 2.25 bits per heavy atom. The summed E-state index contributed by atoms with van der Waals surface area (Å²) in [7, 11) is 0. The van der Waals surface area contributed by atoms with Gasteiger partial charge in [-0.25, -0.2) is 4.99 Å². The lowest BCUT2D eigenvalue weighted by Crippen LogP contribution is -2.65. The maximum absolute atomic E-state index is 6.00. The molecule has 1 rings (SSSR count). The first kappa shape index (κ1) is 9.54. The molecule has 0 aromatic carbocycles. The van der Waals surface area contributed by atoms with Crippen LogP contribution in [0.4, 0.5) is 0 Å². The van der Waals surface area contributed by atoms with Crippen molar-refractivity contribution in [2.45, 2.75) is 19.5 Å². The summed E-state index contributed by atoms with van der Waals surface area (Å²) in [4.78, 5) is 3.98. The van der Waals surface area contributed by atoms with Gasteiger partial charge in [-0.3, -0.25) is 0 Å². The first-order valence-electron chi connectivity index (χ1n) is 3.73. The summed E-state index contributed by atoms with van der Waals surface area (Å²) < 4.78 is 0.757. The number of aliphatic imine (C=N–C) groups is 1. The molecule has 1 aliphatic heterocycles. The number of nitrogens with zero attached hydrogens (tertiary/aromatic N) is 1. The second-order valence-electron chi connectivity index (χ2n) is 3.14. The van der Waals surface area contributed by atoms with Gasteiger partial charge >= 0.3 is 0 Å². The molecular weight excluding hydrogens is 220 g/mol. The summed E-state index contributed by atoms with van der Waals surface area (Å²) in [5.74, 6) is 0.600. The van der Waals surface area contributed by atoms with Gasteiger partial charge in [0.05, 0.1) is 10.8 Å². The first-order chi connectivity index (χ1) is 5.47. The number of amidine groups is 1. The molecule has 0 saturated carbocycles. The van der Waals surface area contributed by atoms with Crippen LogP contribution in [-0.2, 0) is 0 Å². The lowest BCUT2D eigenvalue weighted by molar-refractivity contribution is 0.365. The van der Waals surface area contributed by atoms with Gasteiger partial charge in [-0.2, -0.15) is 0 Å². The van der Waals surface area contributed by atoms with Crippen LogP contribution >= 0.6 is 15.9 Å². The Morgan fingerprint density at radius 1 is 1.67 bits per heavy atom. The maximum Gasteiger partial charge on any atom is 0.148 e. The van der Waals surface area contributed by atoms with Crippen molar-refractivity contribution >= 4 is 21.8 Å². The third-order valence-electron chi connectivity index (χ3n) is 1.98. The van der Waals surface area contributed by atoms with E-state index in [1.165, 1.54) is 0 Å². The van der Waals surface area contributed by atoms with Gasteiger partial charge in [-0.1, -0.05) is 13.8 Å². The van der Waals surface area contributed by atoms with Gasteiger partial charge in [0.1, 0.15) is 11.5 Å². The van der Waals surface area contributed by atoms with Gasteiger partial charge < -0.3 is 16.8 Å². The molecule has 1 atom stereocenters. The smallest absolute Gasteiger partial charge is 0.148 e. The highest BCUT2D eigenvalue weighted by Gasteiger charge is 2.35. The van der Waals surface area contributed by atoms with Crippen molar-refractivity contribution in [1.82, 2.24) is 5.32 Å². The maximum atomic E-state index is 6.00. The number of rotatable bonds is 1. The van der Waals surface area contributed by atoms with E-state index < -0.39 is 5.66 Å². The molecular formula is C7H13BrN4. The van der Waals surface area contributed by atoms with Crippen molar-refractivity contribution in [3.63, 3.8) is 0 Å². The van der Waals surface area contributed by atoms with Crippen LogP contribution in [-0.4, -0.2) is 11.5 Å². The van der Waals surface area contributed by atoms with Gasteiger partial charge in [0.15, 0.2) is 0 Å². The molecule has 68 valence electrons. The SMILES string of the molecule is CC(C)C1(N)NC(Br)=CN=C1N. The van der Waals surface area contributed by atoms with Crippen LogP contribution in [0.1, 0.15) is 13.8 Å². The van der Waals surface area contributed by atoms with Crippen molar-refractivity contribution < 1.29 is 0 Å². The van der Waals surface area contributed by atoms with Crippen LogP contribution < -0.4 is 16.8 Å². The Labute approximate surface area is 80.2 Å². The third kappa shape index (κ3) is 1.47. The Bertz CT molecular complexity index is 246. The summed E-state index contributed by atoms with van der Waals surface area (Å²) in [6.07, 6.45) is 1.60. The average molecular weight is 233 g/mol. The van der Waals surface area contributed by atoms with Gasteiger partial charge in [-0.15, -0.1) is 0 Å². The second kappa shape index (κ2) is 3.06. The lowest BCUT2D eigenvalue weighted by Gasteiger charge is -2.36. The largest absolute Gasteiger partial charge is 0.384 e. The molecule has 0 bridgehead atoms. The molecule has 5 heteroatoms. The van der Waals surface area contributed by atoms with E-state index in [9.17, 15) is 0 Å². The summed E-state index contributed by atoms with van der Waals surface area (Å²) in [6.45, 7) is 3.97. The average Bonchev–Trinajstić information content (AvgIpc) is 1.97. The molecule has 0 saturated heterocycles. The molecule has 0 spiro atoms. The van der Waals surface area contributed by atoms with E-state index in [0.717, 1.165) is 4.61 Å². The molecule has 12 heavy (non-hydrogen) atoms. The van der Waals surface area contributed by atoms with E-state index >= 15 is 0 Å². The molecule has 1 aliphatic rings. The Balaban J connectivity index is 2.96. The van der Waals surface area contributed by atoms with E-state index in [1.807, 2.05) is 13.8 Å². The number of halogens is 1. The molecule has 0 aromatic rings. The standard InChI is InChI=1S/C7H13BrN4/c1-4(2)7(10)6(9)11-3-5(8)12-7/h3-4,12H,10H2,1-2H3,(H2,9,11). The molecule has 4 nitrogen and oxygen atoms in total.